The van der Waals surface area contributed by atoms with Crippen LogP contribution < -0.4 is 0 Å². The van der Waals surface area contributed by atoms with E-state index in [2.05, 4.69) is 15.2 Å². The van der Waals surface area contributed by atoms with E-state index in [9.17, 15) is 4.79 Å². The first-order valence-corrected chi connectivity index (χ1v) is 9.99. The summed E-state index contributed by atoms with van der Waals surface area (Å²) in [4.78, 5) is 19.3. The molecule has 1 aliphatic rings. The number of pyridine rings is 1. The summed E-state index contributed by atoms with van der Waals surface area (Å²) in [5, 5.41) is 8.13. The molecule has 1 unspecified atom stereocenters. The van der Waals surface area contributed by atoms with Crippen molar-refractivity contribution in [1.29, 1.82) is 0 Å². The first kappa shape index (κ1) is 18.7. The van der Waals surface area contributed by atoms with Gasteiger partial charge in [-0.3, -0.25) is 14.9 Å². The number of piperidine rings is 1. The molecular formula is C22H23ClN4O. The summed E-state index contributed by atoms with van der Waals surface area (Å²) in [5.41, 5.74) is 5.20. The van der Waals surface area contributed by atoms with Crippen LogP contribution in [0.2, 0.25) is 5.02 Å². The van der Waals surface area contributed by atoms with Crippen molar-refractivity contribution in [2.24, 2.45) is 0 Å². The highest BCUT2D eigenvalue weighted by atomic mass is 35.5. The fraction of sp³-hybridized carbons (Fsp3) is 0.318. The minimum atomic E-state index is 0.00509. The van der Waals surface area contributed by atoms with E-state index < -0.39 is 0 Å². The highest BCUT2D eigenvalue weighted by Crippen LogP contribution is 2.36. The van der Waals surface area contributed by atoms with Crippen LogP contribution in [-0.2, 0) is 11.2 Å². The molecule has 28 heavy (non-hydrogen) atoms. The van der Waals surface area contributed by atoms with E-state index in [-0.39, 0.29) is 11.9 Å². The van der Waals surface area contributed by atoms with Gasteiger partial charge in [0.1, 0.15) is 0 Å². The van der Waals surface area contributed by atoms with Crippen LogP contribution in [0.25, 0.3) is 11.1 Å². The predicted octanol–water partition coefficient (Wildman–Crippen LogP) is 4.73. The molecule has 1 aromatic carbocycles. The van der Waals surface area contributed by atoms with E-state index in [4.69, 9.17) is 11.6 Å². The van der Waals surface area contributed by atoms with Gasteiger partial charge in [-0.25, -0.2) is 0 Å². The minimum Gasteiger partial charge on any atom is -0.334 e. The Labute approximate surface area is 169 Å². The normalized spacial score (nSPS) is 16.9. The molecule has 0 spiro atoms. The monoisotopic (exact) mass is 394 g/mol. The average Bonchev–Trinajstić information content (AvgIpc) is 3.18. The van der Waals surface area contributed by atoms with Crippen molar-refractivity contribution in [3.63, 3.8) is 0 Å². The van der Waals surface area contributed by atoms with Crippen molar-refractivity contribution in [3.8, 4) is 11.1 Å². The Balaban J connectivity index is 1.63. The van der Waals surface area contributed by atoms with E-state index in [1.807, 2.05) is 54.5 Å². The van der Waals surface area contributed by atoms with Gasteiger partial charge in [-0.1, -0.05) is 23.7 Å². The Hall–Kier alpha value is -2.66. The number of amides is 1. The average molecular weight is 395 g/mol. The summed E-state index contributed by atoms with van der Waals surface area (Å²) in [6, 6.07) is 9.53. The second kappa shape index (κ2) is 8.15. The van der Waals surface area contributed by atoms with Crippen LogP contribution in [-0.4, -0.2) is 32.5 Å². The SMILES string of the molecule is Cc1cnccc1-c1cn[nH]c1C1CCCCN1C(=O)Cc1cccc(Cl)c1. The Morgan fingerprint density at radius 3 is 2.96 bits per heavy atom. The number of halogens is 1. The minimum absolute atomic E-state index is 0.00509. The standard InChI is InChI=1S/C22H23ClN4O/c1-15-13-24-9-8-18(15)19-14-25-26-22(19)20-7-2-3-10-27(20)21(28)12-16-5-4-6-17(23)11-16/h4-6,8-9,11,13-14,20H,2-3,7,10,12H2,1H3,(H,25,26). The third kappa shape index (κ3) is 3.80. The largest absolute Gasteiger partial charge is 0.334 e. The van der Waals surface area contributed by atoms with E-state index in [1.54, 1.807) is 6.20 Å². The summed E-state index contributed by atoms with van der Waals surface area (Å²) in [5.74, 6) is 0.124. The number of aromatic amines is 1. The van der Waals surface area contributed by atoms with Crippen molar-refractivity contribution in [2.75, 3.05) is 6.54 Å². The summed E-state index contributed by atoms with van der Waals surface area (Å²) in [6.45, 7) is 2.81. The molecule has 1 amide bonds. The number of hydrogen-bond acceptors (Lipinski definition) is 3. The van der Waals surface area contributed by atoms with Crippen LogP contribution in [0.1, 0.15) is 42.1 Å². The van der Waals surface area contributed by atoms with Gasteiger partial charge in [-0.05, 0) is 61.1 Å². The predicted molar refractivity (Wildman–Crippen MR) is 110 cm³/mol. The molecule has 3 aromatic rings. The lowest BCUT2D eigenvalue weighted by molar-refractivity contribution is -0.134. The lowest BCUT2D eigenvalue weighted by atomic mass is 9.93. The number of nitrogens with one attached hydrogen (secondary N) is 1. The topological polar surface area (TPSA) is 61.9 Å². The van der Waals surface area contributed by atoms with Crippen molar-refractivity contribution in [2.45, 2.75) is 38.6 Å². The summed E-state index contributed by atoms with van der Waals surface area (Å²) in [6.07, 6.45) is 8.91. The van der Waals surface area contributed by atoms with E-state index in [0.717, 1.165) is 53.8 Å². The Morgan fingerprint density at radius 1 is 1.25 bits per heavy atom. The van der Waals surface area contributed by atoms with Crippen molar-refractivity contribution in [1.82, 2.24) is 20.1 Å². The van der Waals surface area contributed by atoms with Gasteiger partial charge < -0.3 is 4.90 Å². The molecule has 5 nitrogen and oxygen atoms in total. The van der Waals surface area contributed by atoms with E-state index in [1.165, 1.54) is 0 Å². The number of benzene rings is 1. The van der Waals surface area contributed by atoms with Crippen LogP contribution in [0, 0.1) is 6.92 Å². The molecule has 0 aliphatic carbocycles. The van der Waals surface area contributed by atoms with Gasteiger partial charge in [0.2, 0.25) is 5.91 Å². The number of hydrogen-bond donors (Lipinski definition) is 1. The van der Waals surface area contributed by atoms with Crippen LogP contribution in [0.15, 0.2) is 48.9 Å². The molecule has 0 bridgehead atoms. The number of H-pyrrole nitrogens is 1. The van der Waals surface area contributed by atoms with Crippen LogP contribution >= 0.6 is 11.6 Å². The molecule has 0 saturated carbocycles. The van der Waals surface area contributed by atoms with E-state index >= 15 is 0 Å². The van der Waals surface area contributed by atoms with Gasteiger partial charge in [-0.15, -0.1) is 0 Å². The van der Waals surface area contributed by atoms with Gasteiger partial charge in [-0.2, -0.15) is 5.10 Å². The fourth-order valence-corrected chi connectivity index (χ4v) is 4.21. The van der Waals surface area contributed by atoms with Crippen molar-refractivity contribution < 1.29 is 4.79 Å². The lowest BCUT2D eigenvalue weighted by Crippen LogP contribution is -2.39. The molecular weight excluding hydrogens is 372 g/mol. The number of carbonyl (C=O) groups is 1. The molecule has 144 valence electrons. The zero-order valence-corrected chi connectivity index (χ0v) is 16.6. The van der Waals surface area contributed by atoms with E-state index in [0.29, 0.717) is 11.4 Å². The number of aromatic nitrogens is 3. The number of nitrogens with zero attached hydrogens (tertiary/aromatic N) is 3. The molecule has 1 atom stereocenters. The zero-order valence-electron chi connectivity index (χ0n) is 15.9. The molecule has 2 aromatic heterocycles. The second-order valence-electron chi connectivity index (χ2n) is 7.29. The van der Waals surface area contributed by atoms with Crippen LogP contribution in [0.4, 0.5) is 0 Å². The Morgan fingerprint density at radius 2 is 2.14 bits per heavy atom. The Bertz CT molecular complexity index is 984. The molecule has 1 fully saturated rings. The van der Waals surface area contributed by atoms with Gasteiger partial charge >= 0.3 is 0 Å². The molecule has 6 heteroatoms. The van der Waals surface area contributed by atoms with Crippen LogP contribution in [0.3, 0.4) is 0 Å². The molecule has 4 rings (SSSR count). The summed E-state index contributed by atoms with van der Waals surface area (Å²) in [7, 11) is 0. The van der Waals surface area contributed by atoms with Crippen LogP contribution in [0.5, 0.6) is 0 Å². The summed E-state index contributed by atoms with van der Waals surface area (Å²) < 4.78 is 0. The highest BCUT2D eigenvalue weighted by Gasteiger charge is 2.31. The molecule has 1 N–H and O–H groups in total. The molecule has 3 heterocycles. The second-order valence-corrected chi connectivity index (χ2v) is 7.73. The third-order valence-corrected chi connectivity index (χ3v) is 5.62. The lowest BCUT2D eigenvalue weighted by Gasteiger charge is -2.36. The fourth-order valence-electron chi connectivity index (χ4n) is 3.99. The number of aryl methyl sites for hydroxylation is 1. The maximum atomic E-state index is 13.1. The van der Waals surface area contributed by atoms with Gasteiger partial charge in [0.15, 0.2) is 0 Å². The van der Waals surface area contributed by atoms with Crippen molar-refractivity contribution in [3.05, 3.63) is 70.8 Å². The smallest absolute Gasteiger partial charge is 0.227 e. The number of rotatable bonds is 4. The highest BCUT2D eigenvalue weighted by molar-refractivity contribution is 6.30. The molecule has 0 radical (unpaired) electrons. The number of carbonyl (C=O) groups excluding carboxylic acids is 1. The molecule has 1 aliphatic heterocycles. The quantitative estimate of drug-likeness (QED) is 0.695. The first-order valence-electron chi connectivity index (χ1n) is 9.61. The summed E-state index contributed by atoms with van der Waals surface area (Å²) >= 11 is 6.08. The first-order chi connectivity index (χ1) is 13.6. The number of likely N-dealkylation sites (tertiary alicyclic amines) is 1. The maximum Gasteiger partial charge on any atom is 0.227 e. The zero-order chi connectivity index (χ0) is 19.5. The molecule has 1 saturated heterocycles. The van der Waals surface area contributed by atoms with Gasteiger partial charge in [0.05, 0.1) is 24.4 Å². The van der Waals surface area contributed by atoms with Gasteiger partial charge in [0, 0.05) is 29.5 Å². The third-order valence-electron chi connectivity index (χ3n) is 5.38. The maximum absolute atomic E-state index is 13.1. The van der Waals surface area contributed by atoms with Gasteiger partial charge in [0.25, 0.3) is 0 Å². The Kier molecular flexibility index (Phi) is 5.44. The van der Waals surface area contributed by atoms with Crippen molar-refractivity contribution >= 4 is 17.5 Å².